The molecule has 0 bridgehead atoms. The molecule has 0 radical (unpaired) electrons. The molecule has 0 fully saturated rings. The Morgan fingerprint density at radius 2 is 1.88 bits per heavy atom. The van der Waals surface area contributed by atoms with E-state index in [0.717, 1.165) is 9.13 Å². The molecule has 6 heteroatoms. The summed E-state index contributed by atoms with van der Waals surface area (Å²) in [6.45, 7) is 0. The van der Waals surface area contributed by atoms with E-state index in [1.165, 1.54) is 0 Å². The second kappa shape index (κ2) is 4.23. The monoisotopic (exact) mass is 356 g/mol. The minimum atomic E-state index is 0.421. The number of hydrogen-bond acceptors (Lipinski definition) is 3. The molecule has 0 saturated carbocycles. The fourth-order valence-electron chi connectivity index (χ4n) is 1.58. The number of fused-ring (bicyclic) bond motifs is 1. The highest BCUT2D eigenvalue weighted by Gasteiger charge is 2.11. The van der Waals surface area contributed by atoms with E-state index >= 15 is 0 Å². The van der Waals surface area contributed by atoms with Gasteiger partial charge in [0.15, 0.2) is 11.5 Å². The van der Waals surface area contributed by atoms with Gasteiger partial charge in [0.05, 0.1) is 0 Å². The lowest BCUT2D eigenvalue weighted by Crippen LogP contribution is -1.96. The van der Waals surface area contributed by atoms with Crippen molar-refractivity contribution in [3.8, 4) is 11.4 Å². The largest absolute Gasteiger partial charge is 0.191 e. The maximum absolute atomic E-state index is 5.89. The average Bonchev–Trinajstić information content (AvgIpc) is 2.72. The highest BCUT2D eigenvalue weighted by atomic mass is 127. The molecular formula is C11H6ClIN4. The van der Waals surface area contributed by atoms with E-state index in [-0.39, 0.29) is 0 Å². The van der Waals surface area contributed by atoms with Crippen molar-refractivity contribution < 1.29 is 0 Å². The van der Waals surface area contributed by atoms with Crippen LogP contribution in [0.5, 0.6) is 0 Å². The van der Waals surface area contributed by atoms with Gasteiger partial charge in [-0.05, 0) is 40.8 Å². The van der Waals surface area contributed by atoms with Crippen LogP contribution in [0.3, 0.4) is 0 Å². The Labute approximate surface area is 116 Å². The molecule has 1 aromatic carbocycles. The molecule has 2 aromatic heterocycles. The SMILES string of the molecule is Clc1ccc2nnc(-c3ccccc3I)n2n1. The van der Waals surface area contributed by atoms with Gasteiger partial charge in [-0.3, -0.25) is 0 Å². The predicted molar refractivity (Wildman–Crippen MR) is 73.9 cm³/mol. The van der Waals surface area contributed by atoms with Gasteiger partial charge in [0.2, 0.25) is 0 Å². The van der Waals surface area contributed by atoms with Crippen molar-refractivity contribution in [2.45, 2.75) is 0 Å². The first kappa shape index (κ1) is 10.9. The average molecular weight is 357 g/mol. The zero-order valence-corrected chi connectivity index (χ0v) is 11.4. The van der Waals surface area contributed by atoms with Crippen LogP contribution in [0.4, 0.5) is 0 Å². The Balaban J connectivity index is 2.31. The van der Waals surface area contributed by atoms with Gasteiger partial charge in [-0.1, -0.05) is 29.8 Å². The lowest BCUT2D eigenvalue weighted by molar-refractivity contribution is 0.935. The third-order valence-corrected chi connectivity index (χ3v) is 3.49. The van der Waals surface area contributed by atoms with E-state index in [2.05, 4.69) is 37.9 Å². The summed E-state index contributed by atoms with van der Waals surface area (Å²) in [6, 6.07) is 11.4. The molecule has 0 aliphatic carbocycles. The van der Waals surface area contributed by atoms with Crippen molar-refractivity contribution in [3.63, 3.8) is 0 Å². The predicted octanol–water partition coefficient (Wildman–Crippen LogP) is 3.05. The van der Waals surface area contributed by atoms with Crippen molar-refractivity contribution >= 4 is 39.8 Å². The maximum atomic E-state index is 5.89. The first-order chi connectivity index (χ1) is 8.25. The van der Waals surface area contributed by atoms with Gasteiger partial charge < -0.3 is 0 Å². The third-order valence-electron chi connectivity index (χ3n) is 2.35. The number of benzene rings is 1. The molecule has 4 nitrogen and oxygen atoms in total. The van der Waals surface area contributed by atoms with Crippen molar-refractivity contribution in [2.75, 3.05) is 0 Å². The normalized spacial score (nSPS) is 10.9. The minimum absolute atomic E-state index is 0.421. The first-order valence-electron chi connectivity index (χ1n) is 4.88. The number of halogens is 2. The van der Waals surface area contributed by atoms with Gasteiger partial charge in [0.1, 0.15) is 5.15 Å². The molecule has 0 unspecified atom stereocenters. The first-order valence-corrected chi connectivity index (χ1v) is 6.34. The Hall–Kier alpha value is -1.21. The van der Waals surface area contributed by atoms with E-state index in [1.807, 2.05) is 24.3 Å². The molecule has 3 aromatic rings. The second-order valence-corrected chi connectivity index (χ2v) is 4.98. The fourth-order valence-corrected chi connectivity index (χ4v) is 2.34. The number of nitrogens with zero attached hydrogens (tertiary/aromatic N) is 4. The van der Waals surface area contributed by atoms with Gasteiger partial charge in [0, 0.05) is 9.13 Å². The van der Waals surface area contributed by atoms with Gasteiger partial charge >= 0.3 is 0 Å². The molecule has 0 atom stereocenters. The molecule has 0 aliphatic heterocycles. The summed E-state index contributed by atoms with van der Waals surface area (Å²) in [5, 5.41) is 12.8. The van der Waals surface area contributed by atoms with E-state index in [9.17, 15) is 0 Å². The summed E-state index contributed by atoms with van der Waals surface area (Å²) in [5.74, 6) is 0.701. The molecular weight excluding hydrogens is 351 g/mol. The summed E-state index contributed by atoms with van der Waals surface area (Å²) in [6.07, 6.45) is 0. The van der Waals surface area contributed by atoms with E-state index in [1.54, 1.807) is 16.6 Å². The Bertz CT molecular complexity index is 695. The highest BCUT2D eigenvalue weighted by Crippen LogP contribution is 2.23. The van der Waals surface area contributed by atoms with Crippen LogP contribution in [0.1, 0.15) is 0 Å². The Kier molecular flexibility index (Phi) is 2.71. The highest BCUT2D eigenvalue weighted by molar-refractivity contribution is 14.1. The maximum Gasteiger partial charge on any atom is 0.186 e. The van der Waals surface area contributed by atoms with Crippen LogP contribution < -0.4 is 0 Å². The van der Waals surface area contributed by atoms with Crippen LogP contribution in [-0.2, 0) is 0 Å². The van der Waals surface area contributed by atoms with Crippen LogP contribution in [0.2, 0.25) is 5.15 Å². The van der Waals surface area contributed by atoms with Crippen LogP contribution >= 0.6 is 34.2 Å². The van der Waals surface area contributed by atoms with Gasteiger partial charge in [-0.15, -0.1) is 10.2 Å². The quantitative estimate of drug-likeness (QED) is 0.630. The van der Waals surface area contributed by atoms with Gasteiger partial charge in [-0.2, -0.15) is 9.61 Å². The smallest absolute Gasteiger partial charge is 0.186 e. The fraction of sp³-hybridized carbons (Fsp3) is 0. The van der Waals surface area contributed by atoms with Crippen molar-refractivity contribution in [1.29, 1.82) is 0 Å². The van der Waals surface area contributed by atoms with Gasteiger partial charge in [-0.25, -0.2) is 0 Å². The standard InChI is InChI=1S/C11H6ClIN4/c12-9-5-6-10-14-15-11(17(10)16-9)7-3-1-2-4-8(7)13/h1-6H. The zero-order chi connectivity index (χ0) is 11.8. The summed E-state index contributed by atoms with van der Waals surface area (Å²) < 4.78 is 2.75. The van der Waals surface area contributed by atoms with E-state index in [4.69, 9.17) is 11.6 Å². The third kappa shape index (κ3) is 1.89. The molecule has 2 heterocycles. The second-order valence-electron chi connectivity index (χ2n) is 3.43. The number of hydrogen-bond donors (Lipinski definition) is 0. The number of aromatic nitrogens is 4. The summed E-state index contributed by atoms with van der Waals surface area (Å²) in [4.78, 5) is 0. The van der Waals surface area contributed by atoms with Crippen LogP contribution in [-0.4, -0.2) is 19.8 Å². The number of rotatable bonds is 1. The lowest BCUT2D eigenvalue weighted by atomic mass is 10.2. The molecule has 0 amide bonds. The van der Waals surface area contributed by atoms with Crippen LogP contribution in [0.15, 0.2) is 36.4 Å². The zero-order valence-electron chi connectivity index (χ0n) is 8.51. The molecule has 84 valence electrons. The molecule has 0 N–H and O–H groups in total. The van der Waals surface area contributed by atoms with Crippen molar-refractivity contribution in [3.05, 3.63) is 45.1 Å². The molecule has 0 aliphatic rings. The van der Waals surface area contributed by atoms with Crippen LogP contribution in [0.25, 0.3) is 17.0 Å². The van der Waals surface area contributed by atoms with Crippen LogP contribution in [0, 0.1) is 3.57 Å². The minimum Gasteiger partial charge on any atom is -0.191 e. The lowest BCUT2D eigenvalue weighted by Gasteiger charge is -2.01. The van der Waals surface area contributed by atoms with Gasteiger partial charge in [0.25, 0.3) is 0 Å². The van der Waals surface area contributed by atoms with E-state index < -0.39 is 0 Å². The van der Waals surface area contributed by atoms with Crippen molar-refractivity contribution in [1.82, 2.24) is 19.8 Å². The Morgan fingerprint density at radius 1 is 1.06 bits per heavy atom. The summed E-state index contributed by atoms with van der Waals surface area (Å²) >= 11 is 8.15. The molecule has 17 heavy (non-hydrogen) atoms. The van der Waals surface area contributed by atoms with E-state index in [0.29, 0.717) is 16.6 Å². The summed E-state index contributed by atoms with van der Waals surface area (Å²) in [5.41, 5.74) is 1.68. The molecule has 3 rings (SSSR count). The topological polar surface area (TPSA) is 43.1 Å². The summed E-state index contributed by atoms with van der Waals surface area (Å²) in [7, 11) is 0. The molecule has 0 saturated heterocycles. The Morgan fingerprint density at radius 3 is 2.71 bits per heavy atom. The van der Waals surface area contributed by atoms with Crippen molar-refractivity contribution in [2.24, 2.45) is 0 Å². The molecule has 0 spiro atoms.